The zero-order chi connectivity index (χ0) is 14.4. The first-order chi connectivity index (χ1) is 9.74. The van der Waals surface area contributed by atoms with Crippen LogP contribution in [0.25, 0.3) is 0 Å². The van der Waals surface area contributed by atoms with Gasteiger partial charge in [-0.3, -0.25) is 4.90 Å². The lowest BCUT2D eigenvalue weighted by Gasteiger charge is -2.44. The third-order valence-electron chi connectivity index (χ3n) is 5.42. The van der Waals surface area contributed by atoms with Crippen molar-refractivity contribution in [2.24, 2.45) is 11.1 Å². The van der Waals surface area contributed by atoms with Gasteiger partial charge in [-0.1, -0.05) is 57.0 Å². The highest BCUT2D eigenvalue weighted by Crippen LogP contribution is 2.40. The predicted octanol–water partition coefficient (Wildman–Crippen LogP) is 3.98. The minimum atomic E-state index is 0.507. The van der Waals surface area contributed by atoms with Crippen LogP contribution in [0.5, 0.6) is 0 Å². The Kier molecular flexibility index (Phi) is 5.62. The molecule has 1 aliphatic rings. The molecule has 1 atom stereocenters. The second-order valence-corrected chi connectivity index (χ2v) is 6.25. The van der Waals surface area contributed by atoms with Crippen LogP contribution in [0.1, 0.15) is 57.6 Å². The van der Waals surface area contributed by atoms with Crippen molar-refractivity contribution in [3.8, 4) is 0 Å². The quantitative estimate of drug-likeness (QED) is 0.850. The largest absolute Gasteiger partial charge is 0.330 e. The predicted molar refractivity (Wildman–Crippen MR) is 86.7 cm³/mol. The minimum absolute atomic E-state index is 0.507. The summed E-state index contributed by atoms with van der Waals surface area (Å²) in [5, 5.41) is 0. The van der Waals surface area contributed by atoms with Gasteiger partial charge in [0.05, 0.1) is 0 Å². The average Bonchev–Trinajstić information content (AvgIpc) is 2.54. The van der Waals surface area contributed by atoms with Gasteiger partial charge in [0.1, 0.15) is 0 Å². The van der Waals surface area contributed by atoms with Gasteiger partial charge in [0, 0.05) is 6.04 Å². The second-order valence-electron chi connectivity index (χ2n) is 6.25. The molecule has 1 heterocycles. The van der Waals surface area contributed by atoms with E-state index in [0.29, 0.717) is 11.5 Å². The molecule has 0 saturated carbocycles. The first-order valence-corrected chi connectivity index (χ1v) is 8.23. The van der Waals surface area contributed by atoms with Crippen LogP contribution in [-0.4, -0.2) is 24.5 Å². The molecule has 0 aliphatic carbocycles. The molecule has 0 radical (unpaired) electrons. The molecule has 1 aromatic carbocycles. The fourth-order valence-corrected chi connectivity index (χ4v) is 3.66. The number of nitrogens with zero attached hydrogens (tertiary/aromatic N) is 1. The highest BCUT2D eigenvalue weighted by Gasteiger charge is 2.33. The fourth-order valence-electron chi connectivity index (χ4n) is 3.66. The molecule has 2 N–H and O–H groups in total. The van der Waals surface area contributed by atoms with Crippen molar-refractivity contribution in [3.05, 3.63) is 35.9 Å². The third kappa shape index (κ3) is 3.42. The maximum Gasteiger partial charge on any atom is 0.0360 e. The van der Waals surface area contributed by atoms with E-state index in [1.165, 1.54) is 44.3 Å². The SMILES string of the molecule is CCC1(CC)CCN(C(CCN)c2ccccc2)CC1. The average molecular weight is 274 g/mol. The fraction of sp³-hybridized carbons (Fsp3) is 0.667. The molecule has 1 aliphatic heterocycles. The topological polar surface area (TPSA) is 29.3 Å². The van der Waals surface area contributed by atoms with E-state index in [-0.39, 0.29) is 0 Å². The Labute approximate surface area is 124 Å². The van der Waals surface area contributed by atoms with Gasteiger partial charge in [0.15, 0.2) is 0 Å². The van der Waals surface area contributed by atoms with Crippen LogP contribution in [-0.2, 0) is 0 Å². The molecule has 20 heavy (non-hydrogen) atoms. The van der Waals surface area contributed by atoms with Crippen molar-refractivity contribution in [1.29, 1.82) is 0 Å². The van der Waals surface area contributed by atoms with Crippen LogP contribution < -0.4 is 5.73 Å². The molecule has 112 valence electrons. The molecule has 0 amide bonds. The van der Waals surface area contributed by atoms with E-state index in [1.807, 2.05) is 0 Å². The Morgan fingerprint density at radius 2 is 1.70 bits per heavy atom. The third-order valence-corrected chi connectivity index (χ3v) is 5.42. The Morgan fingerprint density at radius 1 is 1.10 bits per heavy atom. The molecular weight excluding hydrogens is 244 g/mol. The lowest BCUT2D eigenvalue weighted by Crippen LogP contribution is -2.42. The van der Waals surface area contributed by atoms with Gasteiger partial charge in [-0.15, -0.1) is 0 Å². The number of piperidine rings is 1. The Balaban J connectivity index is 2.06. The van der Waals surface area contributed by atoms with Crippen molar-refractivity contribution in [1.82, 2.24) is 4.90 Å². The van der Waals surface area contributed by atoms with Crippen LogP contribution >= 0.6 is 0 Å². The summed E-state index contributed by atoms with van der Waals surface area (Å²) in [6.07, 6.45) is 6.39. The minimum Gasteiger partial charge on any atom is -0.330 e. The summed E-state index contributed by atoms with van der Waals surface area (Å²) in [4.78, 5) is 2.66. The van der Waals surface area contributed by atoms with E-state index in [2.05, 4.69) is 49.1 Å². The molecule has 1 aromatic rings. The highest BCUT2D eigenvalue weighted by atomic mass is 15.2. The number of hydrogen-bond acceptors (Lipinski definition) is 2. The number of benzene rings is 1. The molecule has 1 unspecified atom stereocenters. The Bertz CT molecular complexity index is 374. The van der Waals surface area contributed by atoms with Crippen molar-refractivity contribution < 1.29 is 0 Å². The maximum absolute atomic E-state index is 5.85. The summed E-state index contributed by atoms with van der Waals surface area (Å²) in [5.41, 5.74) is 7.88. The lowest BCUT2D eigenvalue weighted by atomic mass is 9.74. The molecule has 0 bridgehead atoms. The van der Waals surface area contributed by atoms with Crippen LogP contribution in [0.4, 0.5) is 0 Å². The molecule has 1 saturated heterocycles. The number of nitrogens with two attached hydrogens (primary N) is 1. The molecule has 2 heteroatoms. The van der Waals surface area contributed by atoms with Gasteiger partial charge in [-0.2, -0.15) is 0 Å². The van der Waals surface area contributed by atoms with Gasteiger partial charge >= 0.3 is 0 Å². The van der Waals surface area contributed by atoms with Gasteiger partial charge in [-0.05, 0) is 49.9 Å². The first kappa shape index (κ1) is 15.5. The van der Waals surface area contributed by atoms with Crippen molar-refractivity contribution >= 4 is 0 Å². The zero-order valence-corrected chi connectivity index (χ0v) is 13.1. The van der Waals surface area contributed by atoms with Gasteiger partial charge in [0.25, 0.3) is 0 Å². The lowest BCUT2D eigenvalue weighted by molar-refractivity contribution is 0.0634. The van der Waals surface area contributed by atoms with Gasteiger partial charge in [-0.25, -0.2) is 0 Å². The Morgan fingerprint density at radius 3 is 2.20 bits per heavy atom. The summed E-state index contributed by atoms with van der Waals surface area (Å²) < 4.78 is 0. The Hall–Kier alpha value is -0.860. The van der Waals surface area contributed by atoms with E-state index in [1.54, 1.807) is 0 Å². The standard InChI is InChI=1S/C18H30N2/c1-3-18(4-2)11-14-20(15-12-18)17(10-13-19)16-8-6-5-7-9-16/h5-9,17H,3-4,10-15,19H2,1-2H3. The highest BCUT2D eigenvalue weighted by molar-refractivity contribution is 5.19. The number of hydrogen-bond donors (Lipinski definition) is 1. The van der Waals surface area contributed by atoms with Crippen LogP contribution in [0.15, 0.2) is 30.3 Å². The molecule has 0 aromatic heterocycles. The summed E-state index contributed by atoms with van der Waals surface area (Å²) in [7, 11) is 0. The van der Waals surface area contributed by atoms with Crippen molar-refractivity contribution in [2.45, 2.75) is 52.0 Å². The monoisotopic (exact) mass is 274 g/mol. The summed E-state index contributed by atoms with van der Waals surface area (Å²) in [5.74, 6) is 0. The smallest absolute Gasteiger partial charge is 0.0360 e. The molecular formula is C18H30N2. The van der Waals surface area contributed by atoms with Crippen LogP contribution in [0, 0.1) is 5.41 Å². The molecule has 2 nitrogen and oxygen atoms in total. The molecule has 0 spiro atoms. The van der Waals surface area contributed by atoms with E-state index < -0.39 is 0 Å². The second kappa shape index (κ2) is 7.24. The van der Waals surface area contributed by atoms with E-state index >= 15 is 0 Å². The summed E-state index contributed by atoms with van der Waals surface area (Å²) >= 11 is 0. The first-order valence-electron chi connectivity index (χ1n) is 8.23. The van der Waals surface area contributed by atoms with Crippen molar-refractivity contribution in [2.75, 3.05) is 19.6 Å². The van der Waals surface area contributed by atoms with E-state index in [9.17, 15) is 0 Å². The van der Waals surface area contributed by atoms with Crippen molar-refractivity contribution in [3.63, 3.8) is 0 Å². The summed E-state index contributed by atoms with van der Waals surface area (Å²) in [6.45, 7) is 7.92. The number of likely N-dealkylation sites (tertiary alicyclic amines) is 1. The van der Waals surface area contributed by atoms with E-state index in [4.69, 9.17) is 5.73 Å². The zero-order valence-electron chi connectivity index (χ0n) is 13.1. The summed E-state index contributed by atoms with van der Waals surface area (Å²) in [6, 6.07) is 11.4. The van der Waals surface area contributed by atoms with Crippen LogP contribution in [0.3, 0.4) is 0 Å². The molecule has 2 rings (SSSR count). The van der Waals surface area contributed by atoms with Gasteiger partial charge < -0.3 is 5.73 Å². The van der Waals surface area contributed by atoms with Crippen LogP contribution in [0.2, 0.25) is 0 Å². The maximum atomic E-state index is 5.85. The molecule has 1 fully saturated rings. The van der Waals surface area contributed by atoms with E-state index in [0.717, 1.165) is 13.0 Å². The number of rotatable bonds is 6. The normalized spacial score (nSPS) is 20.8. The van der Waals surface area contributed by atoms with Gasteiger partial charge in [0.2, 0.25) is 0 Å².